The smallest absolute Gasteiger partial charge is 0.242 e. The molecule has 0 heterocycles. The maximum atomic E-state index is 11.7. The van der Waals surface area contributed by atoms with Gasteiger partial charge in [-0.05, 0) is 40.3 Å². The molecule has 1 aromatic carbocycles. The van der Waals surface area contributed by atoms with E-state index in [0.29, 0.717) is 6.54 Å². The molecule has 5 nitrogen and oxygen atoms in total. The predicted octanol–water partition coefficient (Wildman–Crippen LogP) is 1.14. The van der Waals surface area contributed by atoms with Crippen molar-refractivity contribution in [3.05, 3.63) is 33.4 Å². The van der Waals surface area contributed by atoms with Crippen LogP contribution in [0.2, 0.25) is 0 Å². The van der Waals surface area contributed by atoms with Gasteiger partial charge in [0.2, 0.25) is 11.8 Å². The van der Waals surface area contributed by atoms with E-state index in [1.165, 1.54) is 18.9 Å². The van der Waals surface area contributed by atoms with E-state index in [0.717, 1.165) is 9.13 Å². The lowest BCUT2D eigenvalue weighted by molar-refractivity contribution is -0.140. The monoisotopic (exact) mass is 376 g/mol. The number of amides is 2. The Hall–Kier alpha value is -1.15. The fourth-order valence-electron chi connectivity index (χ4n) is 1.71. The summed E-state index contributed by atoms with van der Waals surface area (Å²) in [5, 5.41) is 0. The van der Waals surface area contributed by atoms with Crippen molar-refractivity contribution in [2.24, 2.45) is 5.73 Å². The van der Waals surface area contributed by atoms with Crippen molar-refractivity contribution in [1.29, 1.82) is 0 Å². The molecule has 0 radical (unpaired) electrons. The fourth-order valence-corrected chi connectivity index (χ4v) is 2.07. The van der Waals surface area contributed by atoms with Gasteiger partial charge in [-0.25, -0.2) is 0 Å². The van der Waals surface area contributed by atoms with Crippen molar-refractivity contribution in [3.8, 4) is 0 Å². The number of methoxy groups -OCH3 is 1. The first-order valence-corrected chi connectivity index (χ1v) is 6.83. The molecule has 1 atom stereocenters. The normalized spacial score (nSPS) is 11.9. The van der Waals surface area contributed by atoms with Gasteiger partial charge in [-0.3, -0.25) is 9.59 Å². The fraction of sp³-hybridized carbons (Fsp3) is 0.385. The zero-order chi connectivity index (χ0) is 14.4. The van der Waals surface area contributed by atoms with Gasteiger partial charge in [-0.15, -0.1) is 0 Å². The van der Waals surface area contributed by atoms with Gasteiger partial charge in [0.05, 0.1) is 6.61 Å². The summed E-state index contributed by atoms with van der Waals surface area (Å²) in [6, 6.07) is 6.99. The van der Waals surface area contributed by atoms with Crippen LogP contribution in [0.1, 0.15) is 12.5 Å². The Morgan fingerprint density at radius 2 is 1.95 bits per heavy atom. The van der Waals surface area contributed by atoms with Crippen molar-refractivity contribution in [2.45, 2.75) is 19.5 Å². The number of benzene rings is 1. The third kappa shape index (κ3) is 4.79. The lowest BCUT2D eigenvalue weighted by Gasteiger charge is -2.28. The van der Waals surface area contributed by atoms with E-state index in [1.807, 2.05) is 24.3 Å². The van der Waals surface area contributed by atoms with Gasteiger partial charge in [0.15, 0.2) is 0 Å². The van der Waals surface area contributed by atoms with Crippen molar-refractivity contribution >= 4 is 34.4 Å². The second-order valence-corrected chi connectivity index (χ2v) is 5.39. The maximum Gasteiger partial charge on any atom is 0.242 e. The highest BCUT2D eigenvalue weighted by Gasteiger charge is 2.26. The third-order valence-electron chi connectivity index (χ3n) is 2.70. The Bertz CT molecular complexity index is 448. The number of nitrogens with two attached hydrogens (primary N) is 1. The van der Waals surface area contributed by atoms with Crippen LogP contribution in [0.15, 0.2) is 24.3 Å². The van der Waals surface area contributed by atoms with Gasteiger partial charge in [-0.2, -0.15) is 0 Å². The summed E-state index contributed by atoms with van der Waals surface area (Å²) >= 11 is 2.21. The number of nitrogens with zero attached hydrogens (tertiary/aromatic N) is 1. The first-order chi connectivity index (χ1) is 8.95. The van der Waals surface area contributed by atoms with Crippen molar-refractivity contribution in [1.82, 2.24) is 4.90 Å². The molecule has 0 bridgehead atoms. The highest BCUT2D eigenvalue weighted by molar-refractivity contribution is 14.1. The minimum atomic E-state index is -0.748. The van der Waals surface area contributed by atoms with E-state index in [-0.39, 0.29) is 12.5 Å². The Morgan fingerprint density at radius 1 is 1.37 bits per heavy atom. The Morgan fingerprint density at radius 3 is 2.37 bits per heavy atom. The molecule has 0 aromatic heterocycles. The quantitative estimate of drug-likeness (QED) is 0.757. The molecule has 0 saturated heterocycles. The highest BCUT2D eigenvalue weighted by Crippen LogP contribution is 2.12. The van der Waals surface area contributed by atoms with Crippen molar-refractivity contribution in [2.75, 3.05) is 13.7 Å². The molecule has 1 aromatic rings. The largest absolute Gasteiger partial charge is 0.382 e. The highest BCUT2D eigenvalue weighted by atomic mass is 127. The average Bonchev–Trinajstić information content (AvgIpc) is 2.35. The minimum Gasteiger partial charge on any atom is -0.382 e. The number of halogens is 1. The van der Waals surface area contributed by atoms with E-state index in [2.05, 4.69) is 22.6 Å². The number of hydrogen-bond acceptors (Lipinski definition) is 3. The minimum absolute atomic E-state index is 0.0965. The molecular formula is C13H17IN2O3. The summed E-state index contributed by atoms with van der Waals surface area (Å²) in [5.74, 6) is -0.776. The predicted molar refractivity (Wildman–Crippen MR) is 80.2 cm³/mol. The molecule has 0 saturated carbocycles. The first-order valence-electron chi connectivity index (χ1n) is 5.75. The number of hydrogen-bond donors (Lipinski definition) is 1. The van der Waals surface area contributed by atoms with E-state index >= 15 is 0 Å². The van der Waals surface area contributed by atoms with E-state index in [1.54, 1.807) is 0 Å². The summed E-state index contributed by atoms with van der Waals surface area (Å²) in [6.45, 7) is 1.85. The molecular weight excluding hydrogens is 359 g/mol. The van der Waals surface area contributed by atoms with Gasteiger partial charge < -0.3 is 15.4 Å². The molecule has 104 valence electrons. The van der Waals surface area contributed by atoms with Crippen molar-refractivity contribution in [3.63, 3.8) is 0 Å². The number of rotatable bonds is 6. The summed E-state index contributed by atoms with van der Waals surface area (Å²) in [7, 11) is 1.47. The Balaban J connectivity index is 2.90. The van der Waals surface area contributed by atoms with Gasteiger partial charge in [0, 0.05) is 24.1 Å². The molecule has 0 fully saturated rings. The molecule has 0 spiro atoms. The molecule has 0 aliphatic rings. The third-order valence-corrected chi connectivity index (χ3v) is 3.42. The van der Waals surface area contributed by atoms with Crippen LogP contribution in [0.5, 0.6) is 0 Å². The lowest BCUT2D eigenvalue weighted by atomic mass is 10.1. The molecule has 6 heteroatoms. The first kappa shape index (κ1) is 15.9. The molecule has 2 N–H and O–H groups in total. The van der Waals surface area contributed by atoms with E-state index < -0.39 is 11.9 Å². The summed E-state index contributed by atoms with van der Waals surface area (Å²) in [6.07, 6.45) is 0. The van der Waals surface area contributed by atoms with Crippen LogP contribution in [-0.4, -0.2) is 36.5 Å². The van der Waals surface area contributed by atoms with Gasteiger partial charge in [0.1, 0.15) is 6.04 Å². The number of ether oxygens (including phenoxy) is 1. The zero-order valence-electron chi connectivity index (χ0n) is 10.9. The topological polar surface area (TPSA) is 72.6 Å². The number of primary amides is 1. The van der Waals surface area contributed by atoms with Crippen LogP contribution < -0.4 is 5.73 Å². The molecule has 0 aliphatic carbocycles. The van der Waals surface area contributed by atoms with Crippen molar-refractivity contribution < 1.29 is 14.3 Å². The molecule has 1 unspecified atom stereocenters. The summed E-state index contributed by atoms with van der Waals surface area (Å²) in [5.41, 5.74) is 6.27. The SMILES string of the molecule is COCC(C(N)=O)N(Cc1ccc(I)cc1)C(C)=O. The van der Waals surface area contributed by atoms with Crippen LogP contribution in [0, 0.1) is 3.57 Å². The van der Waals surface area contributed by atoms with Gasteiger partial charge in [-0.1, -0.05) is 12.1 Å². The van der Waals surface area contributed by atoms with Crippen LogP contribution >= 0.6 is 22.6 Å². The van der Waals surface area contributed by atoms with Gasteiger partial charge >= 0.3 is 0 Å². The second-order valence-electron chi connectivity index (χ2n) is 4.15. The zero-order valence-corrected chi connectivity index (χ0v) is 13.1. The molecule has 0 aliphatic heterocycles. The van der Waals surface area contributed by atoms with Crippen LogP contribution in [-0.2, 0) is 20.9 Å². The van der Waals surface area contributed by atoms with E-state index in [9.17, 15) is 9.59 Å². The molecule has 2 amide bonds. The Kier molecular flexibility index (Phi) is 6.23. The van der Waals surface area contributed by atoms with E-state index in [4.69, 9.17) is 10.5 Å². The Labute approximate surface area is 126 Å². The molecule has 19 heavy (non-hydrogen) atoms. The molecule has 1 rings (SSSR count). The van der Waals surface area contributed by atoms with Gasteiger partial charge in [0.25, 0.3) is 0 Å². The average molecular weight is 376 g/mol. The number of carbonyl (C=O) groups is 2. The summed E-state index contributed by atoms with van der Waals surface area (Å²) in [4.78, 5) is 24.5. The van der Waals surface area contributed by atoms with Crippen LogP contribution in [0.4, 0.5) is 0 Å². The maximum absolute atomic E-state index is 11.7. The van der Waals surface area contributed by atoms with Crippen LogP contribution in [0.3, 0.4) is 0 Å². The second kappa shape index (κ2) is 7.44. The van der Waals surface area contributed by atoms with Crippen LogP contribution in [0.25, 0.3) is 0 Å². The standard InChI is InChI=1S/C13H17IN2O3/c1-9(17)16(12(8-19-2)13(15)18)7-10-3-5-11(14)6-4-10/h3-6,12H,7-8H2,1-2H3,(H2,15,18). The lowest BCUT2D eigenvalue weighted by Crippen LogP contribution is -2.49. The number of carbonyl (C=O) groups excluding carboxylic acids is 2. The summed E-state index contributed by atoms with van der Waals surface area (Å²) < 4.78 is 6.07.